The van der Waals surface area contributed by atoms with E-state index in [-0.39, 0.29) is 12.4 Å². The standard InChI is InChI=1S/C12H15NO.ClH/c1-2-5-10-9(4-1)8-11-12(10)14-7-3-6-13-11;/h1-2,4-5,11-13H,3,6-8H2;1H. The minimum absolute atomic E-state index is 0. The molecule has 1 saturated heterocycles. The number of ether oxygens (including phenoxy) is 1. The lowest BCUT2D eigenvalue weighted by molar-refractivity contribution is 0.0505. The van der Waals surface area contributed by atoms with Crippen molar-refractivity contribution in [1.29, 1.82) is 0 Å². The summed E-state index contributed by atoms with van der Waals surface area (Å²) in [6, 6.07) is 9.15. The Kier molecular flexibility index (Phi) is 3.29. The van der Waals surface area contributed by atoms with Gasteiger partial charge in [-0.3, -0.25) is 0 Å². The number of hydrogen-bond acceptors (Lipinski definition) is 2. The molecular weight excluding hydrogens is 210 g/mol. The lowest BCUT2D eigenvalue weighted by atomic mass is 10.1. The maximum atomic E-state index is 5.89. The highest BCUT2D eigenvalue weighted by molar-refractivity contribution is 5.85. The highest BCUT2D eigenvalue weighted by Crippen LogP contribution is 2.34. The van der Waals surface area contributed by atoms with Crippen LogP contribution in [0.3, 0.4) is 0 Å². The van der Waals surface area contributed by atoms with Crippen LogP contribution in [0, 0.1) is 0 Å². The Labute approximate surface area is 96.4 Å². The summed E-state index contributed by atoms with van der Waals surface area (Å²) in [5.41, 5.74) is 2.85. The number of hydrogen-bond donors (Lipinski definition) is 1. The number of fused-ring (bicyclic) bond motifs is 3. The average molecular weight is 226 g/mol. The third-order valence-corrected chi connectivity index (χ3v) is 3.19. The van der Waals surface area contributed by atoms with Gasteiger partial charge in [0.05, 0.1) is 6.10 Å². The van der Waals surface area contributed by atoms with Gasteiger partial charge >= 0.3 is 0 Å². The third-order valence-electron chi connectivity index (χ3n) is 3.19. The van der Waals surface area contributed by atoms with Crippen molar-refractivity contribution < 1.29 is 4.74 Å². The number of benzene rings is 1. The van der Waals surface area contributed by atoms with Gasteiger partial charge in [0, 0.05) is 12.6 Å². The number of nitrogens with one attached hydrogen (secondary N) is 1. The molecule has 3 heteroatoms. The molecule has 15 heavy (non-hydrogen) atoms. The van der Waals surface area contributed by atoms with Gasteiger partial charge in [0.25, 0.3) is 0 Å². The normalized spacial score (nSPS) is 28.5. The van der Waals surface area contributed by atoms with Crippen molar-refractivity contribution in [1.82, 2.24) is 5.32 Å². The van der Waals surface area contributed by atoms with Crippen molar-refractivity contribution in [3.63, 3.8) is 0 Å². The number of halogens is 1. The Balaban J connectivity index is 0.000000853. The van der Waals surface area contributed by atoms with Crippen LogP contribution in [0.1, 0.15) is 23.7 Å². The molecule has 0 bridgehead atoms. The van der Waals surface area contributed by atoms with Crippen molar-refractivity contribution >= 4 is 12.4 Å². The van der Waals surface area contributed by atoms with Crippen molar-refractivity contribution in [2.75, 3.05) is 13.2 Å². The topological polar surface area (TPSA) is 21.3 Å². The summed E-state index contributed by atoms with van der Waals surface area (Å²) in [5, 5.41) is 3.57. The third kappa shape index (κ3) is 1.89. The van der Waals surface area contributed by atoms with Crippen LogP contribution in [-0.2, 0) is 11.2 Å². The van der Waals surface area contributed by atoms with Gasteiger partial charge in [-0.15, -0.1) is 12.4 Å². The summed E-state index contributed by atoms with van der Waals surface area (Å²) in [5.74, 6) is 0. The minimum Gasteiger partial charge on any atom is -0.372 e. The van der Waals surface area contributed by atoms with Crippen LogP contribution < -0.4 is 5.32 Å². The van der Waals surface area contributed by atoms with Crippen molar-refractivity contribution in [3.05, 3.63) is 35.4 Å². The summed E-state index contributed by atoms with van der Waals surface area (Å²) in [7, 11) is 0. The van der Waals surface area contributed by atoms with Crippen LogP contribution in [0.15, 0.2) is 24.3 Å². The van der Waals surface area contributed by atoms with Gasteiger partial charge in [-0.1, -0.05) is 24.3 Å². The summed E-state index contributed by atoms with van der Waals surface area (Å²) >= 11 is 0. The SMILES string of the molecule is Cl.c1ccc2c(c1)CC1NCCCOC21. The van der Waals surface area contributed by atoms with Crippen molar-refractivity contribution in [2.24, 2.45) is 0 Å². The molecule has 2 atom stereocenters. The van der Waals surface area contributed by atoms with Crippen LogP contribution in [0.25, 0.3) is 0 Å². The van der Waals surface area contributed by atoms with E-state index in [1.807, 2.05) is 0 Å². The first-order valence-corrected chi connectivity index (χ1v) is 5.38. The molecule has 2 unspecified atom stereocenters. The molecule has 2 aliphatic rings. The molecule has 0 amide bonds. The van der Waals surface area contributed by atoms with E-state index in [9.17, 15) is 0 Å². The molecule has 1 N–H and O–H groups in total. The molecule has 3 rings (SSSR count). The average Bonchev–Trinajstić information content (AvgIpc) is 2.42. The van der Waals surface area contributed by atoms with Gasteiger partial charge in [-0.25, -0.2) is 0 Å². The largest absolute Gasteiger partial charge is 0.372 e. The van der Waals surface area contributed by atoms with Crippen LogP contribution in [0.4, 0.5) is 0 Å². The Bertz CT molecular complexity index is 342. The van der Waals surface area contributed by atoms with E-state index in [0.29, 0.717) is 12.1 Å². The first kappa shape index (κ1) is 10.9. The van der Waals surface area contributed by atoms with Crippen LogP contribution in [0.5, 0.6) is 0 Å². The monoisotopic (exact) mass is 225 g/mol. The van der Waals surface area contributed by atoms with Crippen molar-refractivity contribution in [3.8, 4) is 0 Å². The molecule has 1 fully saturated rings. The van der Waals surface area contributed by atoms with Gasteiger partial charge < -0.3 is 10.1 Å². The summed E-state index contributed by atoms with van der Waals surface area (Å²) in [6.45, 7) is 1.98. The smallest absolute Gasteiger partial charge is 0.0983 e. The van der Waals surface area contributed by atoms with Gasteiger partial charge in [-0.05, 0) is 30.5 Å². The zero-order valence-electron chi connectivity index (χ0n) is 8.61. The van der Waals surface area contributed by atoms with E-state index in [0.717, 1.165) is 26.0 Å². The van der Waals surface area contributed by atoms with Gasteiger partial charge in [0.15, 0.2) is 0 Å². The Morgan fingerprint density at radius 3 is 3.07 bits per heavy atom. The fourth-order valence-corrected chi connectivity index (χ4v) is 2.51. The molecular formula is C12H16ClNO. The molecule has 1 aromatic rings. The Hall–Kier alpha value is -0.570. The zero-order chi connectivity index (χ0) is 9.38. The lowest BCUT2D eigenvalue weighted by Crippen LogP contribution is -2.31. The maximum absolute atomic E-state index is 5.89. The van der Waals surface area contributed by atoms with E-state index in [4.69, 9.17) is 4.74 Å². The predicted molar refractivity (Wildman–Crippen MR) is 62.5 cm³/mol. The maximum Gasteiger partial charge on any atom is 0.0983 e. The van der Waals surface area contributed by atoms with Crippen LogP contribution >= 0.6 is 12.4 Å². The second-order valence-corrected chi connectivity index (χ2v) is 4.11. The molecule has 1 aromatic carbocycles. The molecule has 82 valence electrons. The zero-order valence-corrected chi connectivity index (χ0v) is 9.43. The highest BCUT2D eigenvalue weighted by Gasteiger charge is 2.33. The quantitative estimate of drug-likeness (QED) is 0.730. The van der Waals surface area contributed by atoms with E-state index < -0.39 is 0 Å². The summed E-state index contributed by atoms with van der Waals surface area (Å²) in [4.78, 5) is 0. The molecule has 0 spiro atoms. The fourth-order valence-electron chi connectivity index (χ4n) is 2.51. The number of rotatable bonds is 0. The van der Waals surface area contributed by atoms with Gasteiger partial charge in [0.1, 0.15) is 0 Å². The van der Waals surface area contributed by atoms with Gasteiger partial charge in [0.2, 0.25) is 0 Å². The first-order chi connectivity index (χ1) is 6.95. The van der Waals surface area contributed by atoms with Crippen molar-refractivity contribution in [2.45, 2.75) is 25.0 Å². The van der Waals surface area contributed by atoms with E-state index in [1.165, 1.54) is 11.1 Å². The molecule has 1 aliphatic carbocycles. The van der Waals surface area contributed by atoms with Crippen LogP contribution in [0.2, 0.25) is 0 Å². The second-order valence-electron chi connectivity index (χ2n) is 4.11. The molecule has 1 aliphatic heterocycles. The molecule has 0 aromatic heterocycles. The summed E-state index contributed by atoms with van der Waals surface area (Å²) < 4.78 is 5.89. The molecule has 0 saturated carbocycles. The van der Waals surface area contributed by atoms with Gasteiger partial charge in [-0.2, -0.15) is 0 Å². The fraction of sp³-hybridized carbons (Fsp3) is 0.500. The minimum atomic E-state index is 0. The summed E-state index contributed by atoms with van der Waals surface area (Å²) in [6.07, 6.45) is 2.56. The lowest BCUT2D eigenvalue weighted by Gasteiger charge is -2.17. The molecule has 1 heterocycles. The Morgan fingerprint density at radius 1 is 1.27 bits per heavy atom. The van der Waals surface area contributed by atoms with E-state index in [1.54, 1.807) is 0 Å². The predicted octanol–water partition coefficient (Wildman–Crippen LogP) is 2.08. The molecule has 0 radical (unpaired) electrons. The Morgan fingerprint density at radius 2 is 2.13 bits per heavy atom. The van der Waals surface area contributed by atoms with E-state index >= 15 is 0 Å². The second kappa shape index (κ2) is 4.52. The van der Waals surface area contributed by atoms with E-state index in [2.05, 4.69) is 29.6 Å². The van der Waals surface area contributed by atoms with Crippen LogP contribution in [-0.4, -0.2) is 19.2 Å². The molecule has 2 nitrogen and oxygen atoms in total. The highest BCUT2D eigenvalue weighted by atomic mass is 35.5. The first-order valence-electron chi connectivity index (χ1n) is 5.38.